The maximum atomic E-state index is 12.4. The molecule has 0 aliphatic rings. The highest BCUT2D eigenvalue weighted by atomic mass is 32.2. The van der Waals surface area contributed by atoms with Crippen molar-refractivity contribution in [1.82, 2.24) is 19.7 Å². The molecule has 2 aromatic carbocycles. The van der Waals surface area contributed by atoms with Crippen molar-refractivity contribution in [2.45, 2.75) is 18.4 Å². The molecule has 1 heterocycles. The Kier molecular flexibility index (Phi) is 4.97. The Morgan fingerprint density at radius 1 is 1.08 bits per heavy atom. The first-order chi connectivity index (χ1) is 12.4. The van der Waals surface area contributed by atoms with Crippen LogP contribution in [0.25, 0.3) is 0 Å². The Morgan fingerprint density at radius 3 is 2.35 bits per heavy atom. The van der Waals surface area contributed by atoms with E-state index in [1.54, 1.807) is 35.1 Å². The average Bonchev–Trinajstić information content (AvgIpc) is 3.11. The summed E-state index contributed by atoms with van der Waals surface area (Å²) in [6.45, 7) is 2.34. The molecule has 0 amide bonds. The van der Waals surface area contributed by atoms with Gasteiger partial charge in [0.15, 0.2) is 5.69 Å². The van der Waals surface area contributed by atoms with Gasteiger partial charge in [0.2, 0.25) is 15.8 Å². The van der Waals surface area contributed by atoms with Crippen molar-refractivity contribution >= 4 is 15.8 Å². The quantitative estimate of drug-likeness (QED) is 0.668. The molecular formula is C18H18N4O3S. The second-order valence-corrected chi connectivity index (χ2v) is 7.73. The van der Waals surface area contributed by atoms with Crippen molar-refractivity contribution in [3.63, 3.8) is 0 Å². The highest BCUT2D eigenvalue weighted by molar-refractivity contribution is 7.89. The van der Waals surface area contributed by atoms with Crippen LogP contribution in [-0.2, 0) is 16.6 Å². The molecule has 0 radical (unpaired) electrons. The maximum Gasteiger partial charge on any atom is 0.240 e. The first kappa shape index (κ1) is 18.0. The lowest BCUT2D eigenvalue weighted by molar-refractivity contribution is 0.103. The summed E-state index contributed by atoms with van der Waals surface area (Å²) in [5.41, 5.74) is 2.75. The van der Waals surface area contributed by atoms with Crippen LogP contribution in [-0.4, -0.2) is 36.2 Å². The molecule has 26 heavy (non-hydrogen) atoms. The van der Waals surface area contributed by atoms with Crippen LogP contribution in [0.2, 0.25) is 0 Å². The van der Waals surface area contributed by atoms with Gasteiger partial charge in [-0.25, -0.2) is 17.8 Å². The minimum atomic E-state index is -3.46. The van der Waals surface area contributed by atoms with E-state index in [0.717, 1.165) is 11.1 Å². The minimum absolute atomic E-state index is 0.188. The topological polar surface area (TPSA) is 94.0 Å². The number of sulfonamides is 1. The first-order valence-corrected chi connectivity index (χ1v) is 9.41. The van der Waals surface area contributed by atoms with E-state index in [4.69, 9.17) is 0 Å². The molecular weight excluding hydrogens is 352 g/mol. The summed E-state index contributed by atoms with van der Waals surface area (Å²) in [6, 6.07) is 13.7. The van der Waals surface area contributed by atoms with Gasteiger partial charge in [-0.3, -0.25) is 4.79 Å². The van der Waals surface area contributed by atoms with E-state index in [2.05, 4.69) is 15.0 Å². The molecule has 0 saturated heterocycles. The number of carbonyl (C=O) groups is 1. The van der Waals surface area contributed by atoms with Crippen LogP contribution in [0.1, 0.15) is 27.2 Å². The van der Waals surface area contributed by atoms with Crippen LogP contribution >= 0.6 is 0 Å². The predicted molar refractivity (Wildman–Crippen MR) is 96.4 cm³/mol. The molecule has 7 nitrogen and oxygen atoms in total. The second kappa shape index (κ2) is 7.19. The molecule has 0 fully saturated rings. The van der Waals surface area contributed by atoms with Crippen molar-refractivity contribution in [3.8, 4) is 0 Å². The molecule has 0 spiro atoms. The van der Waals surface area contributed by atoms with Gasteiger partial charge in [0, 0.05) is 5.56 Å². The van der Waals surface area contributed by atoms with Gasteiger partial charge < -0.3 is 0 Å². The zero-order chi connectivity index (χ0) is 18.7. The number of hydrogen-bond donors (Lipinski definition) is 1. The summed E-state index contributed by atoms with van der Waals surface area (Å²) in [6.07, 6.45) is 1.58. The molecule has 0 saturated carbocycles. The summed E-state index contributed by atoms with van der Waals surface area (Å²) >= 11 is 0. The van der Waals surface area contributed by atoms with Crippen molar-refractivity contribution in [1.29, 1.82) is 0 Å². The molecule has 1 aromatic heterocycles. The molecule has 134 valence electrons. The van der Waals surface area contributed by atoms with Crippen LogP contribution in [0.15, 0.2) is 59.6 Å². The van der Waals surface area contributed by atoms with Gasteiger partial charge >= 0.3 is 0 Å². The molecule has 0 bridgehead atoms. The molecule has 8 heteroatoms. The van der Waals surface area contributed by atoms with E-state index in [9.17, 15) is 13.2 Å². The number of ketones is 1. The predicted octanol–water partition coefficient (Wildman–Crippen LogP) is 1.77. The van der Waals surface area contributed by atoms with E-state index in [1.165, 1.54) is 19.2 Å². The summed E-state index contributed by atoms with van der Waals surface area (Å²) in [7, 11) is -2.09. The van der Waals surface area contributed by atoms with Gasteiger partial charge in [-0.05, 0) is 31.7 Å². The Morgan fingerprint density at radius 2 is 1.73 bits per heavy atom. The minimum Gasteiger partial charge on any atom is -0.287 e. The third-order valence-electron chi connectivity index (χ3n) is 3.93. The van der Waals surface area contributed by atoms with Crippen molar-refractivity contribution in [2.75, 3.05) is 7.05 Å². The molecule has 0 atom stereocenters. The number of nitrogens with one attached hydrogen (secondary N) is 1. The normalized spacial score (nSPS) is 11.5. The highest BCUT2D eigenvalue weighted by Gasteiger charge is 2.14. The summed E-state index contributed by atoms with van der Waals surface area (Å²) < 4.78 is 27.3. The number of hydrogen-bond acceptors (Lipinski definition) is 5. The lowest BCUT2D eigenvalue weighted by atomic mass is 10.1. The van der Waals surface area contributed by atoms with Gasteiger partial charge in [0.1, 0.15) is 0 Å². The van der Waals surface area contributed by atoms with Gasteiger partial charge in [-0.1, -0.05) is 47.2 Å². The number of aryl methyl sites for hydroxylation is 1. The standard InChI is InChI=1S/C18H18N4O3S/c1-13-3-7-15(8-4-13)18(23)17-12-22(21-20-17)11-14-5-9-16(10-6-14)26(24,25)19-2/h3-10,12,19H,11H2,1-2H3. The summed E-state index contributed by atoms with van der Waals surface area (Å²) in [5, 5.41) is 7.92. The molecule has 0 aliphatic heterocycles. The van der Waals surface area contributed by atoms with Crippen molar-refractivity contribution in [3.05, 3.63) is 77.1 Å². The lowest BCUT2D eigenvalue weighted by Crippen LogP contribution is -2.18. The molecule has 0 aliphatic carbocycles. The number of carbonyl (C=O) groups excluding carboxylic acids is 1. The fourth-order valence-corrected chi connectivity index (χ4v) is 3.14. The van der Waals surface area contributed by atoms with Crippen LogP contribution in [0.3, 0.4) is 0 Å². The van der Waals surface area contributed by atoms with Crippen LogP contribution in [0.4, 0.5) is 0 Å². The third kappa shape index (κ3) is 3.87. The average molecular weight is 370 g/mol. The maximum absolute atomic E-state index is 12.4. The van der Waals surface area contributed by atoms with Gasteiger partial charge in [-0.2, -0.15) is 0 Å². The SMILES string of the molecule is CNS(=O)(=O)c1ccc(Cn2cc(C(=O)c3ccc(C)cc3)nn2)cc1. The van der Waals surface area contributed by atoms with E-state index in [-0.39, 0.29) is 16.4 Å². The van der Waals surface area contributed by atoms with E-state index in [1.807, 2.05) is 19.1 Å². The summed E-state index contributed by atoms with van der Waals surface area (Å²) in [5.74, 6) is -0.188. The van der Waals surface area contributed by atoms with Crippen LogP contribution in [0.5, 0.6) is 0 Å². The fraction of sp³-hybridized carbons (Fsp3) is 0.167. The van der Waals surface area contributed by atoms with Crippen LogP contribution < -0.4 is 4.72 Å². The molecule has 0 unspecified atom stereocenters. The van der Waals surface area contributed by atoms with Gasteiger partial charge in [0.05, 0.1) is 17.6 Å². The lowest BCUT2D eigenvalue weighted by Gasteiger charge is -2.04. The Hall–Kier alpha value is -2.84. The second-order valence-electron chi connectivity index (χ2n) is 5.85. The Bertz CT molecular complexity index is 1020. The van der Waals surface area contributed by atoms with Gasteiger partial charge in [0.25, 0.3) is 0 Å². The number of aromatic nitrogens is 3. The number of rotatable bonds is 6. The largest absolute Gasteiger partial charge is 0.287 e. The van der Waals surface area contributed by atoms with Crippen LogP contribution in [0, 0.1) is 6.92 Å². The number of benzene rings is 2. The monoisotopic (exact) mass is 370 g/mol. The smallest absolute Gasteiger partial charge is 0.240 e. The summed E-state index contributed by atoms with van der Waals surface area (Å²) in [4.78, 5) is 12.6. The van der Waals surface area contributed by atoms with Crippen molar-refractivity contribution in [2.24, 2.45) is 0 Å². The van der Waals surface area contributed by atoms with E-state index in [0.29, 0.717) is 12.1 Å². The number of nitrogens with zero attached hydrogens (tertiary/aromatic N) is 3. The Labute approximate surface area is 151 Å². The van der Waals surface area contributed by atoms with Gasteiger partial charge in [-0.15, -0.1) is 5.10 Å². The zero-order valence-corrected chi connectivity index (χ0v) is 15.2. The molecule has 3 rings (SSSR count). The first-order valence-electron chi connectivity index (χ1n) is 7.93. The highest BCUT2D eigenvalue weighted by Crippen LogP contribution is 2.12. The van der Waals surface area contributed by atoms with Crippen molar-refractivity contribution < 1.29 is 13.2 Å². The zero-order valence-electron chi connectivity index (χ0n) is 14.4. The van der Waals surface area contributed by atoms with E-state index >= 15 is 0 Å². The van der Waals surface area contributed by atoms with E-state index < -0.39 is 10.0 Å². The third-order valence-corrected chi connectivity index (χ3v) is 5.36. The fourth-order valence-electron chi connectivity index (χ4n) is 2.41. The Balaban J connectivity index is 1.74. The molecule has 3 aromatic rings. The molecule has 1 N–H and O–H groups in total.